The lowest BCUT2D eigenvalue weighted by atomic mass is 9.86. The number of hydrogen-bond donors (Lipinski definition) is 1. The van der Waals surface area contributed by atoms with Gasteiger partial charge in [0.25, 0.3) is 0 Å². The van der Waals surface area contributed by atoms with Gasteiger partial charge in [-0.25, -0.2) is 0 Å². The lowest BCUT2D eigenvalue weighted by Gasteiger charge is -2.35. The van der Waals surface area contributed by atoms with E-state index in [1.54, 1.807) is 25.3 Å². The average Bonchev–Trinajstić information content (AvgIpc) is 3.48. The molecule has 0 bridgehead atoms. The Labute approximate surface area is 196 Å². The standard InChI is InChI=1S/C25H26O9/c1-4-13-10-30-25(27)22(13)23(26)15-8-19-20(9-17(15)29-3)34-24(21(33-19)11-28-2)14-5-6-16-18(7-14)32-12-31-16/h4-9,13,21-24,26H,1,10-12H2,2-3H3/t13-,21-,22-,23+,24-/m1/s1. The minimum Gasteiger partial charge on any atom is -0.496 e. The lowest BCUT2D eigenvalue weighted by molar-refractivity contribution is -0.144. The van der Waals surface area contributed by atoms with Gasteiger partial charge in [-0.3, -0.25) is 4.79 Å². The summed E-state index contributed by atoms with van der Waals surface area (Å²) in [5, 5.41) is 11.1. The Morgan fingerprint density at radius 3 is 2.65 bits per heavy atom. The van der Waals surface area contributed by atoms with E-state index in [9.17, 15) is 9.90 Å². The largest absolute Gasteiger partial charge is 0.496 e. The van der Waals surface area contributed by atoms with Gasteiger partial charge >= 0.3 is 5.97 Å². The summed E-state index contributed by atoms with van der Waals surface area (Å²) in [5.74, 6) is 0.961. The SMILES string of the molecule is C=C[C@@H]1COC(=O)[C@H]1[C@@H](O)c1cc2c(cc1OC)O[C@H](c1ccc3c(c1)OCO3)[C@@H](COC)O2. The number of esters is 1. The van der Waals surface area contributed by atoms with Crippen LogP contribution in [0.5, 0.6) is 28.7 Å². The number of carbonyl (C=O) groups excluding carboxylic acids is 1. The van der Waals surface area contributed by atoms with E-state index in [1.165, 1.54) is 7.11 Å². The molecule has 0 amide bonds. The summed E-state index contributed by atoms with van der Waals surface area (Å²) in [6, 6.07) is 8.88. The van der Waals surface area contributed by atoms with E-state index in [0.29, 0.717) is 34.3 Å². The number of aliphatic hydroxyl groups excluding tert-OH is 1. The summed E-state index contributed by atoms with van der Waals surface area (Å²) >= 11 is 0. The van der Waals surface area contributed by atoms with Crippen LogP contribution >= 0.6 is 0 Å². The van der Waals surface area contributed by atoms with Gasteiger partial charge in [0.1, 0.15) is 5.75 Å². The first kappa shape index (κ1) is 22.4. The van der Waals surface area contributed by atoms with E-state index in [2.05, 4.69) is 6.58 Å². The third-order valence-electron chi connectivity index (χ3n) is 6.34. The molecule has 5 rings (SSSR count). The number of aliphatic hydroxyl groups is 1. The molecule has 1 saturated heterocycles. The first-order valence-electron chi connectivity index (χ1n) is 10.9. The highest BCUT2D eigenvalue weighted by atomic mass is 16.7. The van der Waals surface area contributed by atoms with E-state index < -0.39 is 30.2 Å². The van der Waals surface area contributed by atoms with Gasteiger partial charge in [-0.2, -0.15) is 0 Å². The molecular weight excluding hydrogens is 444 g/mol. The van der Waals surface area contributed by atoms with Gasteiger partial charge in [0, 0.05) is 30.2 Å². The number of hydrogen-bond acceptors (Lipinski definition) is 9. The summed E-state index contributed by atoms with van der Waals surface area (Å²) < 4.78 is 39.6. The molecule has 3 aliphatic heterocycles. The van der Waals surface area contributed by atoms with Crippen LogP contribution < -0.4 is 23.7 Å². The van der Waals surface area contributed by atoms with Crippen molar-refractivity contribution in [2.45, 2.75) is 18.3 Å². The molecule has 0 radical (unpaired) electrons. The molecular formula is C25H26O9. The molecule has 34 heavy (non-hydrogen) atoms. The fourth-order valence-electron chi connectivity index (χ4n) is 4.57. The zero-order chi connectivity index (χ0) is 23.8. The van der Waals surface area contributed by atoms with Crippen molar-refractivity contribution in [1.29, 1.82) is 0 Å². The number of fused-ring (bicyclic) bond motifs is 2. The second-order valence-corrected chi connectivity index (χ2v) is 8.30. The van der Waals surface area contributed by atoms with Gasteiger partial charge < -0.3 is 38.3 Å². The Bertz CT molecular complexity index is 1100. The quantitative estimate of drug-likeness (QED) is 0.483. The van der Waals surface area contributed by atoms with Gasteiger partial charge in [0.15, 0.2) is 35.2 Å². The number of cyclic esters (lactones) is 1. The van der Waals surface area contributed by atoms with Crippen LogP contribution in [0.25, 0.3) is 0 Å². The molecule has 9 heteroatoms. The number of benzene rings is 2. The minimum absolute atomic E-state index is 0.175. The van der Waals surface area contributed by atoms with Gasteiger partial charge in [-0.15, -0.1) is 6.58 Å². The van der Waals surface area contributed by atoms with Crippen molar-refractivity contribution in [2.75, 3.05) is 34.2 Å². The minimum atomic E-state index is -1.17. The second-order valence-electron chi connectivity index (χ2n) is 8.30. The van der Waals surface area contributed by atoms with E-state index in [1.807, 2.05) is 18.2 Å². The first-order chi connectivity index (χ1) is 16.5. The highest BCUT2D eigenvalue weighted by Gasteiger charge is 2.43. The summed E-state index contributed by atoms with van der Waals surface area (Å²) in [6.45, 7) is 4.38. The van der Waals surface area contributed by atoms with Crippen molar-refractivity contribution in [3.63, 3.8) is 0 Å². The van der Waals surface area contributed by atoms with Crippen LogP contribution in [-0.4, -0.2) is 51.4 Å². The maximum atomic E-state index is 12.3. The van der Waals surface area contributed by atoms with Crippen LogP contribution in [0.3, 0.4) is 0 Å². The topological polar surface area (TPSA) is 102 Å². The van der Waals surface area contributed by atoms with Crippen LogP contribution in [0.2, 0.25) is 0 Å². The van der Waals surface area contributed by atoms with E-state index >= 15 is 0 Å². The molecule has 1 N–H and O–H groups in total. The molecule has 9 nitrogen and oxygen atoms in total. The highest BCUT2D eigenvalue weighted by molar-refractivity contribution is 5.76. The van der Waals surface area contributed by atoms with Crippen LogP contribution in [0.4, 0.5) is 0 Å². The Balaban J connectivity index is 1.49. The fourth-order valence-corrected chi connectivity index (χ4v) is 4.57. The van der Waals surface area contributed by atoms with Crippen LogP contribution in [0, 0.1) is 11.8 Å². The highest BCUT2D eigenvalue weighted by Crippen LogP contribution is 2.47. The molecule has 3 aliphatic rings. The molecule has 3 heterocycles. The van der Waals surface area contributed by atoms with E-state index in [4.69, 9.17) is 33.2 Å². The van der Waals surface area contributed by atoms with Gasteiger partial charge in [-0.1, -0.05) is 12.1 Å². The van der Waals surface area contributed by atoms with Crippen molar-refractivity contribution >= 4 is 5.97 Å². The third kappa shape index (κ3) is 3.80. The molecule has 0 saturated carbocycles. The molecule has 0 spiro atoms. The molecule has 2 aromatic rings. The van der Waals surface area contributed by atoms with Gasteiger partial charge in [0.05, 0.1) is 32.3 Å². The molecule has 2 aromatic carbocycles. The first-order valence-corrected chi connectivity index (χ1v) is 10.9. The molecule has 180 valence electrons. The van der Waals surface area contributed by atoms with Crippen LogP contribution in [0.1, 0.15) is 23.3 Å². The molecule has 1 fully saturated rings. The molecule has 5 atom stereocenters. The van der Waals surface area contributed by atoms with E-state index in [0.717, 1.165) is 5.56 Å². The third-order valence-corrected chi connectivity index (χ3v) is 6.34. The van der Waals surface area contributed by atoms with Crippen molar-refractivity contribution in [3.8, 4) is 28.7 Å². The zero-order valence-corrected chi connectivity index (χ0v) is 18.9. The molecule has 0 aliphatic carbocycles. The maximum absolute atomic E-state index is 12.3. The summed E-state index contributed by atoms with van der Waals surface area (Å²) in [4.78, 5) is 12.3. The zero-order valence-electron chi connectivity index (χ0n) is 18.9. The Morgan fingerprint density at radius 1 is 1.09 bits per heavy atom. The number of rotatable bonds is 7. The number of carbonyl (C=O) groups is 1. The van der Waals surface area contributed by atoms with Crippen LogP contribution in [0.15, 0.2) is 43.0 Å². The number of ether oxygens (including phenoxy) is 7. The average molecular weight is 470 g/mol. The van der Waals surface area contributed by atoms with Crippen molar-refractivity contribution < 1.29 is 43.1 Å². The summed E-state index contributed by atoms with van der Waals surface area (Å²) in [5.41, 5.74) is 1.24. The molecule has 0 aromatic heterocycles. The lowest BCUT2D eigenvalue weighted by Crippen LogP contribution is -2.36. The van der Waals surface area contributed by atoms with Crippen LogP contribution in [-0.2, 0) is 14.3 Å². The predicted octanol–water partition coefficient (Wildman–Crippen LogP) is 2.96. The normalized spacial score (nSPS) is 25.6. The monoisotopic (exact) mass is 470 g/mol. The second kappa shape index (κ2) is 9.08. The smallest absolute Gasteiger partial charge is 0.312 e. The van der Waals surface area contributed by atoms with Crippen molar-refractivity contribution in [1.82, 2.24) is 0 Å². The van der Waals surface area contributed by atoms with E-state index in [-0.39, 0.29) is 25.9 Å². The number of methoxy groups -OCH3 is 2. The fraction of sp³-hybridized carbons (Fsp3) is 0.400. The van der Waals surface area contributed by atoms with Gasteiger partial charge in [0.2, 0.25) is 6.79 Å². The van der Waals surface area contributed by atoms with Gasteiger partial charge in [-0.05, 0) is 18.2 Å². The van der Waals surface area contributed by atoms with Crippen molar-refractivity contribution in [2.24, 2.45) is 11.8 Å². The summed E-state index contributed by atoms with van der Waals surface area (Å²) in [7, 11) is 3.07. The Hall–Kier alpha value is -3.43. The maximum Gasteiger partial charge on any atom is 0.312 e. The van der Waals surface area contributed by atoms with Crippen molar-refractivity contribution in [3.05, 3.63) is 54.1 Å². The summed E-state index contributed by atoms with van der Waals surface area (Å²) in [6.07, 6.45) is -0.520. The Morgan fingerprint density at radius 2 is 1.88 bits per heavy atom. The predicted molar refractivity (Wildman–Crippen MR) is 118 cm³/mol. The molecule has 0 unspecified atom stereocenters. The Kier molecular flexibility index (Phi) is 5.97.